The summed E-state index contributed by atoms with van der Waals surface area (Å²) < 4.78 is 5.36. The standard InChI is InChI=1S/C20H28N4O/c1-3-21-20(22-15-19-10-7-13-25-19)23-16(2)17-8-6-9-18(14-17)24-11-4-5-12-24/h6-10,13-14,16H,3-5,11-12,15H2,1-2H3,(H2,21,22,23). The Morgan fingerprint density at radius 1 is 1.24 bits per heavy atom. The SMILES string of the molecule is CCNC(=NCc1ccco1)NC(C)c1cccc(N2CCCC2)c1. The number of benzene rings is 1. The lowest BCUT2D eigenvalue weighted by Gasteiger charge is -2.22. The number of anilines is 1. The van der Waals surface area contributed by atoms with E-state index in [9.17, 15) is 0 Å². The molecule has 1 aliphatic heterocycles. The summed E-state index contributed by atoms with van der Waals surface area (Å²) in [5, 5.41) is 6.80. The van der Waals surface area contributed by atoms with E-state index in [1.807, 2.05) is 12.1 Å². The molecule has 1 aliphatic rings. The molecule has 5 heteroatoms. The van der Waals surface area contributed by atoms with Crippen LogP contribution in [0.2, 0.25) is 0 Å². The first-order valence-corrected chi connectivity index (χ1v) is 9.18. The van der Waals surface area contributed by atoms with Crippen LogP contribution >= 0.6 is 0 Å². The highest BCUT2D eigenvalue weighted by molar-refractivity contribution is 5.80. The third kappa shape index (κ3) is 4.78. The minimum Gasteiger partial charge on any atom is -0.467 e. The van der Waals surface area contributed by atoms with Crippen molar-refractivity contribution >= 4 is 11.6 Å². The van der Waals surface area contributed by atoms with Gasteiger partial charge in [0.15, 0.2) is 5.96 Å². The first kappa shape index (κ1) is 17.4. The molecule has 0 amide bonds. The molecule has 0 aliphatic carbocycles. The largest absolute Gasteiger partial charge is 0.467 e. The summed E-state index contributed by atoms with van der Waals surface area (Å²) >= 11 is 0. The quantitative estimate of drug-likeness (QED) is 0.622. The fourth-order valence-electron chi connectivity index (χ4n) is 3.13. The summed E-state index contributed by atoms with van der Waals surface area (Å²) in [5.41, 5.74) is 2.59. The zero-order valence-corrected chi connectivity index (χ0v) is 15.2. The first-order chi connectivity index (χ1) is 12.3. The van der Waals surface area contributed by atoms with E-state index in [0.29, 0.717) is 6.54 Å². The van der Waals surface area contributed by atoms with Crippen LogP contribution in [0.3, 0.4) is 0 Å². The summed E-state index contributed by atoms with van der Waals surface area (Å²) in [5.74, 6) is 1.67. The van der Waals surface area contributed by atoms with E-state index in [2.05, 4.69) is 58.6 Å². The molecule has 2 heterocycles. The molecular formula is C20H28N4O. The summed E-state index contributed by atoms with van der Waals surface area (Å²) in [4.78, 5) is 7.08. The average molecular weight is 340 g/mol. The molecule has 1 fully saturated rings. The molecule has 3 rings (SSSR count). The third-order valence-electron chi connectivity index (χ3n) is 4.51. The second kappa shape index (κ2) is 8.60. The van der Waals surface area contributed by atoms with Gasteiger partial charge in [-0.15, -0.1) is 0 Å². The van der Waals surface area contributed by atoms with Crippen LogP contribution in [0.15, 0.2) is 52.1 Å². The molecule has 0 spiro atoms. The predicted octanol–water partition coefficient (Wildman–Crippen LogP) is 3.70. The van der Waals surface area contributed by atoms with Crippen LogP contribution in [0, 0.1) is 0 Å². The third-order valence-corrected chi connectivity index (χ3v) is 4.51. The highest BCUT2D eigenvalue weighted by atomic mass is 16.3. The molecule has 2 N–H and O–H groups in total. The van der Waals surface area contributed by atoms with Crippen LogP contribution in [-0.2, 0) is 6.54 Å². The highest BCUT2D eigenvalue weighted by Gasteiger charge is 2.14. The van der Waals surface area contributed by atoms with Gasteiger partial charge in [-0.3, -0.25) is 0 Å². The van der Waals surface area contributed by atoms with Gasteiger partial charge in [-0.2, -0.15) is 0 Å². The average Bonchev–Trinajstić information content (AvgIpc) is 3.33. The van der Waals surface area contributed by atoms with Gasteiger partial charge in [0.2, 0.25) is 0 Å². The lowest BCUT2D eigenvalue weighted by atomic mass is 10.1. The monoisotopic (exact) mass is 340 g/mol. The number of hydrogen-bond donors (Lipinski definition) is 2. The number of guanidine groups is 1. The lowest BCUT2D eigenvalue weighted by molar-refractivity contribution is 0.511. The second-order valence-corrected chi connectivity index (χ2v) is 6.43. The Labute approximate surface area is 150 Å². The van der Waals surface area contributed by atoms with Crippen molar-refractivity contribution in [1.82, 2.24) is 10.6 Å². The Morgan fingerprint density at radius 3 is 2.80 bits per heavy atom. The molecule has 0 bridgehead atoms. The van der Waals surface area contributed by atoms with Gasteiger partial charge in [0, 0.05) is 25.3 Å². The van der Waals surface area contributed by atoms with Crippen LogP contribution in [-0.4, -0.2) is 25.6 Å². The van der Waals surface area contributed by atoms with Gasteiger partial charge in [0.25, 0.3) is 0 Å². The van der Waals surface area contributed by atoms with Crippen LogP contribution in [0.25, 0.3) is 0 Å². The zero-order valence-electron chi connectivity index (χ0n) is 15.2. The van der Waals surface area contributed by atoms with E-state index in [1.165, 1.54) is 37.2 Å². The van der Waals surface area contributed by atoms with E-state index in [4.69, 9.17) is 4.42 Å². The number of hydrogen-bond acceptors (Lipinski definition) is 3. The Morgan fingerprint density at radius 2 is 2.08 bits per heavy atom. The zero-order chi connectivity index (χ0) is 17.5. The van der Waals surface area contributed by atoms with E-state index < -0.39 is 0 Å². The normalized spacial score (nSPS) is 16.1. The molecule has 5 nitrogen and oxygen atoms in total. The molecule has 0 radical (unpaired) electrons. The maximum Gasteiger partial charge on any atom is 0.192 e. The highest BCUT2D eigenvalue weighted by Crippen LogP contribution is 2.23. The number of nitrogens with zero attached hydrogens (tertiary/aromatic N) is 2. The van der Waals surface area contributed by atoms with Crippen molar-refractivity contribution in [2.24, 2.45) is 4.99 Å². The molecule has 1 saturated heterocycles. The van der Waals surface area contributed by atoms with Crippen LogP contribution in [0.1, 0.15) is 44.1 Å². The smallest absolute Gasteiger partial charge is 0.192 e. The topological polar surface area (TPSA) is 52.8 Å². The first-order valence-electron chi connectivity index (χ1n) is 9.18. The van der Waals surface area contributed by atoms with Crippen LogP contribution in [0.5, 0.6) is 0 Å². The minimum absolute atomic E-state index is 0.178. The minimum atomic E-state index is 0.178. The molecule has 2 aromatic rings. The van der Waals surface area contributed by atoms with Crippen LogP contribution < -0.4 is 15.5 Å². The molecule has 0 saturated carbocycles. The van der Waals surface area contributed by atoms with E-state index >= 15 is 0 Å². The van der Waals surface area contributed by atoms with Gasteiger partial charge >= 0.3 is 0 Å². The molecule has 1 aromatic heterocycles. The Bertz CT molecular complexity index is 675. The Balaban J connectivity index is 1.67. The predicted molar refractivity (Wildman–Crippen MR) is 103 cm³/mol. The molecule has 1 atom stereocenters. The fourth-order valence-corrected chi connectivity index (χ4v) is 3.13. The molecule has 1 unspecified atom stereocenters. The second-order valence-electron chi connectivity index (χ2n) is 6.43. The van der Waals surface area contributed by atoms with E-state index in [0.717, 1.165) is 18.3 Å². The Kier molecular flexibility index (Phi) is 5.99. The van der Waals surface area contributed by atoms with Gasteiger partial charge in [-0.05, 0) is 56.5 Å². The van der Waals surface area contributed by atoms with Gasteiger partial charge in [0.1, 0.15) is 12.3 Å². The van der Waals surface area contributed by atoms with E-state index in [-0.39, 0.29) is 6.04 Å². The summed E-state index contributed by atoms with van der Waals surface area (Å²) in [6.07, 6.45) is 4.27. The maximum atomic E-state index is 5.36. The fraction of sp³-hybridized carbons (Fsp3) is 0.450. The van der Waals surface area contributed by atoms with Gasteiger partial charge in [-0.1, -0.05) is 12.1 Å². The maximum absolute atomic E-state index is 5.36. The van der Waals surface area contributed by atoms with Crippen molar-refractivity contribution in [3.05, 3.63) is 54.0 Å². The van der Waals surface area contributed by atoms with Crippen molar-refractivity contribution in [2.75, 3.05) is 24.5 Å². The van der Waals surface area contributed by atoms with Crippen LogP contribution in [0.4, 0.5) is 5.69 Å². The van der Waals surface area contributed by atoms with Gasteiger partial charge in [-0.25, -0.2) is 4.99 Å². The summed E-state index contributed by atoms with van der Waals surface area (Å²) in [6, 6.07) is 12.8. The molecule has 25 heavy (non-hydrogen) atoms. The Hall–Kier alpha value is -2.43. The molecule has 134 valence electrons. The molecular weight excluding hydrogens is 312 g/mol. The summed E-state index contributed by atoms with van der Waals surface area (Å²) in [7, 11) is 0. The number of nitrogens with one attached hydrogen (secondary N) is 2. The number of furan rings is 1. The number of rotatable bonds is 6. The lowest BCUT2D eigenvalue weighted by Crippen LogP contribution is -2.38. The van der Waals surface area contributed by atoms with E-state index in [1.54, 1.807) is 6.26 Å². The van der Waals surface area contributed by atoms with Crippen molar-refractivity contribution < 1.29 is 4.42 Å². The summed E-state index contributed by atoms with van der Waals surface area (Å²) in [6.45, 7) is 7.93. The number of aliphatic imine (C=N–C) groups is 1. The van der Waals surface area contributed by atoms with Crippen molar-refractivity contribution in [3.8, 4) is 0 Å². The van der Waals surface area contributed by atoms with Gasteiger partial charge in [0.05, 0.1) is 12.3 Å². The van der Waals surface area contributed by atoms with Crippen molar-refractivity contribution in [3.63, 3.8) is 0 Å². The van der Waals surface area contributed by atoms with Gasteiger partial charge < -0.3 is 20.0 Å². The molecule has 1 aromatic carbocycles. The van der Waals surface area contributed by atoms with Crippen molar-refractivity contribution in [1.29, 1.82) is 0 Å². The van der Waals surface area contributed by atoms with Crippen molar-refractivity contribution in [2.45, 2.75) is 39.3 Å².